The second-order valence-corrected chi connectivity index (χ2v) is 5.85. The fraction of sp³-hybridized carbons (Fsp3) is 0.357. The first-order valence-electron chi connectivity index (χ1n) is 6.00. The molecule has 0 radical (unpaired) electrons. The molecule has 0 aliphatic heterocycles. The third-order valence-electron chi connectivity index (χ3n) is 3.54. The highest BCUT2D eigenvalue weighted by molar-refractivity contribution is 7.15. The molecule has 2 nitrogen and oxygen atoms in total. The molecule has 2 aromatic rings. The molecule has 1 fully saturated rings. The normalized spacial score (nSPS) is 16.8. The van der Waals surface area contributed by atoms with E-state index >= 15 is 0 Å². The molecule has 1 saturated carbocycles. The average Bonchev–Trinajstić information content (AvgIpc) is 3.07. The van der Waals surface area contributed by atoms with Gasteiger partial charge in [-0.15, -0.1) is 11.3 Å². The van der Waals surface area contributed by atoms with E-state index in [-0.39, 0.29) is 17.8 Å². The summed E-state index contributed by atoms with van der Waals surface area (Å²) >= 11 is 1.51. The predicted octanol–water partition coefficient (Wildman–Crippen LogP) is 3.28. The molecule has 1 aromatic heterocycles. The van der Waals surface area contributed by atoms with Gasteiger partial charge < -0.3 is 5.11 Å². The number of halogens is 1. The molecule has 18 heavy (non-hydrogen) atoms. The van der Waals surface area contributed by atoms with E-state index in [0.29, 0.717) is 10.6 Å². The van der Waals surface area contributed by atoms with Crippen molar-refractivity contribution < 1.29 is 9.50 Å². The molecule has 0 amide bonds. The maximum Gasteiger partial charge on any atom is 0.133 e. The zero-order chi connectivity index (χ0) is 12.8. The van der Waals surface area contributed by atoms with Gasteiger partial charge >= 0.3 is 0 Å². The predicted molar refractivity (Wildman–Crippen MR) is 70.2 cm³/mol. The van der Waals surface area contributed by atoms with E-state index in [1.807, 2.05) is 13.0 Å². The van der Waals surface area contributed by atoms with Crippen LogP contribution >= 0.6 is 11.3 Å². The maximum absolute atomic E-state index is 13.7. The van der Waals surface area contributed by atoms with Crippen molar-refractivity contribution in [2.24, 2.45) is 0 Å². The molecule has 1 aliphatic rings. The van der Waals surface area contributed by atoms with Gasteiger partial charge in [0.1, 0.15) is 10.8 Å². The second kappa shape index (κ2) is 4.14. The van der Waals surface area contributed by atoms with Crippen LogP contribution in [0, 0.1) is 12.7 Å². The lowest BCUT2D eigenvalue weighted by atomic mass is 10.1. The Bertz CT molecular complexity index is 589. The van der Waals surface area contributed by atoms with Crippen molar-refractivity contribution in [3.05, 3.63) is 40.7 Å². The van der Waals surface area contributed by atoms with Crippen molar-refractivity contribution >= 4 is 11.3 Å². The van der Waals surface area contributed by atoms with Crippen molar-refractivity contribution in [1.29, 1.82) is 0 Å². The number of hydrogen-bond acceptors (Lipinski definition) is 3. The van der Waals surface area contributed by atoms with Crippen molar-refractivity contribution in [3.63, 3.8) is 0 Å². The minimum absolute atomic E-state index is 0.0920. The minimum Gasteiger partial charge on any atom is -0.395 e. The first kappa shape index (κ1) is 11.8. The third-order valence-corrected chi connectivity index (χ3v) is 4.98. The van der Waals surface area contributed by atoms with Crippen LogP contribution in [0.2, 0.25) is 0 Å². The average molecular weight is 263 g/mol. The van der Waals surface area contributed by atoms with Gasteiger partial charge in [-0.25, -0.2) is 9.37 Å². The first-order chi connectivity index (χ1) is 8.66. The van der Waals surface area contributed by atoms with Crippen LogP contribution in [0.3, 0.4) is 0 Å². The molecular formula is C14H14FNOS. The van der Waals surface area contributed by atoms with Crippen molar-refractivity contribution in [2.75, 3.05) is 6.61 Å². The highest BCUT2D eigenvalue weighted by atomic mass is 32.1. The van der Waals surface area contributed by atoms with E-state index in [1.54, 1.807) is 12.1 Å². The number of benzene rings is 1. The van der Waals surface area contributed by atoms with E-state index in [2.05, 4.69) is 4.98 Å². The van der Waals surface area contributed by atoms with Crippen LogP contribution < -0.4 is 0 Å². The van der Waals surface area contributed by atoms with Gasteiger partial charge in [-0.05, 0) is 31.9 Å². The Kier molecular flexibility index (Phi) is 2.72. The lowest BCUT2D eigenvalue weighted by Crippen LogP contribution is -2.11. The number of nitrogens with zero attached hydrogens (tertiary/aromatic N) is 1. The zero-order valence-electron chi connectivity index (χ0n) is 10.1. The Morgan fingerprint density at radius 1 is 1.39 bits per heavy atom. The molecule has 0 spiro atoms. The molecule has 1 heterocycles. The van der Waals surface area contributed by atoms with Crippen molar-refractivity contribution in [1.82, 2.24) is 4.98 Å². The van der Waals surface area contributed by atoms with Gasteiger partial charge in [-0.3, -0.25) is 0 Å². The Hall–Kier alpha value is -1.26. The molecule has 0 atom stereocenters. The molecule has 1 N–H and O–H groups in total. The lowest BCUT2D eigenvalue weighted by Gasteiger charge is -2.08. The summed E-state index contributed by atoms with van der Waals surface area (Å²) in [5.74, 6) is -0.244. The third kappa shape index (κ3) is 1.76. The smallest absolute Gasteiger partial charge is 0.133 e. The van der Waals surface area contributed by atoms with Crippen LogP contribution in [0.15, 0.2) is 24.3 Å². The molecule has 4 heteroatoms. The van der Waals surface area contributed by atoms with Gasteiger partial charge in [0, 0.05) is 15.9 Å². The summed E-state index contributed by atoms with van der Waals surface area (Å²) in [6.07, 6.45) is 2.01. The SMILES string of the molecule is Cc1nc(-c2ccccc2F)sc1C1(CO)CC1. The molecule has 0 unspecified atom stereocenters. The highest BCUT2D eigenvalue weighted by Gasteiger charge is 2.46. The van der Waals surface area contributed by atoms with Gasteiger partial charge in [0.15, 0.2) is 0 Å². The van der Waals surface area contributed by atoms with E-state index in [1.165, 1.54) is 17.4 Å². The van der Waals surface area contributed by atoms with Crippen LogP contribution in [0.5, 0.6) is 0 Å². The van der Waals surface area contributed by atoms with Gasteiger partial charge in [-0.1, -0.05) is 12.1 Å². The lowest BCUT2D eigenvalue weighted by molar-refractivity contribution is 0.256. The summed E-state index contributed by atoms with van der Waals surface area (Å²) < 4.78 is 13.7. The fourth-order valence-electron chi connectivity index (χ4n) is 2.25. The Labute approximate surface area is 109 Å². The summed E-state index contributed by atoms with van der Waals surface area (Å²) in [5.41, 5.74) is 1.38. The van der Waals surface area contributed by atoms with E-state index < -0.39 is 0 Å². The molecule has 0 saturated heterocycles. The van der Waals surface area contributed by atoms with E-state index in [4.69, 9.17) is 0 Å². The topological polar surface area (TPSA) is 33.1 Å². The summed E-state index contributed by atoms with van der Waals surface area (Å²) in [5, 5.41) is 10.2. The molecule has 94 valence electrons. The maximum atomic E-state index is 13.7. The molecule has 1 aliphatic carbocycles. The van der Waals surface area contributed by atoms with Gasteiger partial charge in [0.05, 0.1) is 12.3 Å². The Morgan fingerprint density at radius 2 is 2.11 bits per heavy atom. The molecule has 1 aromatic carbocycles. The van der Waals surface area contributed by atoms with Crippen molar-refractivity contribution in [2.45, 2.75) is 25.2 Å². The number of thiazole rings is 1. The summed E-state index contributed by atoms with van der Waals surface area (Å²) in [6.45, 7) is 2.10. The molecule has 3 rings (SSSR count). The monoisotopic (exact) mass is 263 g/mol. The Morgan fingerprint density at radius 3 is 2.72 bits per heavy atom. The number of hydrogen-bond donors (Lipinski definition) is 1. The standard InChI is InChI=1S/C14H14FNOS/c1-9-12(14(8-17)6-7-14)18-13(16-9)10-4-2-3-5-11(10)15/h2-5,17H,6-8H2,1H3. The fourth-order valence-corrected chi connectivity index (χ4v) is 3.58. The number of aromatic nitrogens is 1. The summed E-state index contributed by atoms with van der Waals surface area (Å²) in [4.78, 5) is 5.58. The van der Waals surface area contributed by atoms with Crippen LogP contribution in [0.1, 0.15) is 23.4 Å². The number of rotatable bonds is 3. The van der Waals surface area contributed by atoms with Crippen LogP contribution in [-0.2, 0) is 5.41 Å². The van der Waals surface area contributed by atoms with Crippen LogP contribution in [0.4, 0.5) is 4.39 Å². The van der Waals surface area contributed by atoms with E-state index in [9.17, 15) is 9.50 Å². The molecular weight excluding hydrogens is 249 g/mol. The largest absolute Gasteiger partial charge is 0.395 e. The van der Waals surface area contributed by atoms with Crippen molar-refractivity contribution in [3.8, 4) is 10.6 Å². The zero-order valence-corrected chi connectivity index (χ0v) is 10.9. The number of aliphatic hydroxyl groups is 1. The van der Waals surface area contributed by atoms with Gasteiger partial charge in [0.25, 0.3) is 0 Å². The summed E-state index contributed by atoms with van der Waals surface area (Å²) in [6, 6.07) is 6.69. The highest BCUT2D eigenvalue weighted by Crippen LogP contribution is 2.51. The van der Waals surface area contributed by atoms with Crippen LogP contribution in [-0.4, -0.2) is 16.7 Å². The van der Waals surface area contributed by atoms with Gasteiger partial charge in [-0.2, -0.15) is 0 Å². The second-order valence-electron chi connectivity index (χ2n) is 4.85. The summed E-state index contributed by atoms with van der Waals surface area (Å²) in [7, 11) is 0. The Balaban J connectivity index is 2.06. The van der Waals surface area contributed by atoms with Crippen LogP contribution in [0.25, 0.3) is 10.6 Å². The first-order valence-corrected chi connectivity index (χ1v) is 6.82. The molecule has 0 bridgehead atoms. The number of aryl methyl sites for hydroxylation is 1. The quantitative estimate of drug-likeness (QED) is 0.922. The van der Waals surface area contributed by atoms with E-state index in [0.717, 1.165) is 23.4 Å². The number of aliphatic hydroxyl groups excluding tert-OH is 1. The van der Waals surface area contributed by atoms with Gasteiger partial charge in [0.2, 0.25) is 0 Å². The minimum atomic E-state index is -0.244.